The maximum absolute atomic E-state index is 12.4. The van der Waals surface area contributed by atoms with E-state index in [-0.39, 0.29) is 5.91 Å². The topological polar surface area (TPSA) is 68.5 Å². The third-order valence-electron chi connectivity index (χ3n) is 3.74. The Balaban J connectivity index is 1.81. The highest BCUT2D eigenvalue weighted by atomic mass is 35.5. The van der Waals surface area contributed by atoms with Crippen LogP contribution in [0.3, 0.4) is 0 Å². The number of hydrogen-bond donors (Lipinski definition) is 1. The molecule has 0 radical (unpaired) electrons. The fourth-order valence-corrected chi connectivity index (χ4v) is 2.63. The minimum absolute atomic E-state index is 0.188. The molecule has 2 aromatic heterocycles. The first-order valence-electron chi connectivity index (χ1n) is 8.15. The van der Waals surface area contributed by atoms with E-state index in [2.05, 4.69) is 15.4 Å². The summed E-state index contributed by atoms with van der Waals surface area (Å²) < 4.78 is 6.92. The van der Waals surface area contributed by atoms with Crippen LogP contribution in [0.25, 0.3) is 16.9 Å². The van der Waals surface area contributed by atoms with Crippen LogP contribution in [-0.2, 0) is 4.74 Å². The quantitative estimate of drug-likeness (QED) is 0.658. The summed E-state index contributed by atoms with van der Waals surface area (Å²) in [5.41, 5.74) is 2.77. The highest BCUT2D eigenvalue weighted by Crippen LogP contribution is 2.22. The van der Waals surface area contributed by atoms with Crippen molar-refractivity contribution in [1.82, 2.24) is 19.9 Å². The number of rotatable bonds is 7. The molecule has 6 nitrogen and oxygen atoms in total. The molecule has 0 atom stereocenters. The zero-order valence-electron chi connectivity index (χ0n) is 13.9. The van der Waals surface area contributed by atoms with Crippen molar-refractivity contribution in [1.29, 1.82) is 0 Å². The van der Waals surface area contributed by atoms with Gasteiger partial charge in [-0.1, -0.05) is 23.7 Å². The van der Waals surface area contributed by atoms with Gasteiger partial charge in [0.05, 0.1) is 11.9 Å². The second-order valence-electron chi connectivity index (χ2n) is 5.44. The molecule has 0 saturated carbocycles. The van der Waals surface area contributed by atoms with Gasteiger partial charge in [0.15, 0.2) is 5.65 Å². The molecule has 1 N–H and O–H groups in total. The van der Waals surface area contributed by atoms with Gasteiger partial charge in [-0.15, -0.1) is 0 Å². The maximum atomic E-state index is 12.4. The second-order valence-corrected chi connectivity index (χ2v) is 5.87. The molecule has 0 aliphatic heterocycles. The number of aromatic nitrogens is 3. The first kappa shape index (κ1) is 17.4. The van der Waals surface area contributed by atoms with Crippen molar-refractivity contribution in [2.75, 3.05) is 19.8 Å². The molecule has 0 fully saturated rings. The molecule has 130 valence electrons. The number of carbonyl (C=O) groups is 1. The normalized spacial score (nSPS) is 11.0. The average Bonchev–Trinajstić information content (AvgIpc) is 3.06. The van der Waals surface area contributed by atoms with Gasteiger partial charge >= 0.3 is 0 Å². The Labute approximate surface area is 150 Å². The largest absolute Gasteiger partial charge is 0.382 e. The number of carbonyl (C=O) groups excluding carboxylic acids is 1. The third-order valence-corrected chi connectivity index (χ3v) is 3.99. The molecular weight excluding hydrogens is 340 g/mol. The number of halogens is 1. The predicted molar refractivity (Wildman–Crippen MR) is 96.9 cm³/mol. The van der Waals surface area contributed by atoms with Crippen LogP contribution in [0.4, 0.5) is 0 Å². The summed E-state index contributed by atoms with van der Waals surface area (Å²) >= 11 is 5.95. The molecule has 0 bridgehead atoms. The molecule has 0 unspecified atom stereocenters. The molecule has 1 amide bonds. The standard InChI is InChI=1S/C18H19ClN4O2/c1-2-25-11-3-9-21-18(24)15-12-22-23-16(8-10-20-17(15)23)13-4-6-14(19)7-5-13/h4-8,10,12H,2-3,9,11H2,1H3,(H,21,24). The number of fused-ring (bicyclic) bond motifs is 1. The Hall–Kier alpha value is -2.44. The van der Waals surface area contributed by atoms with Crippen LogP contribution in [0.2, 0.25) is 5.02 Å². The lowest BCUT2D eigenvalue weighted by Gasteiger charge is -2.06. The predicted octanol–water partition coefficient (Wildman–Crippen LogP) is 3.21. The molecule has 0 saturated heterocycles. The number of nitrogens with one attached hydrogen (secondary N) is 1. The molecule has 7 heteroatoms. The zero-order valence-corrected chi connectivity index (χ0v) is 14.7. The van der Waals surface area contributed by atoms with Crippen LogP contribution in [0.1, 0.15) is 23.7 Å². The van der Waals surface area contributed by atoms with Gasteiger partial charge in [0, 0.05) is 36.5 Å². The van der Waals surface area contributed by atoms with Crippen molar-refractivity contribution in [3.05, 3.63) is 53.3 Å². The minimum atomic E-state index is -0.188. The zero-order chi connectivity index (χ0) is 17.6. The summed E-state index contributed by atoms with van der Waals surface area (Å²) in [6.07, 6.45) is 3.98. The first-order chi connectivity index (χ1) is 12.2. The third kappa shape index (κ3) is 3.97. The number of benzene rings is 1. The molecule has 25 heavy (non-hydrogen) atoms. The van der Waals surface area contributed by atoms with Crippen molar-refractivity contribution in [2.45, 2.75) is 13.3 Å². The Morgan fingerprint density at radius 3 is 2.84 bits per heavy atom. The van der Waals surface area contributed by atoms with E-state index < -0.39 is 0 Å². The van der Waals surface area contributed by atoms with Gasteiger partial charge in [-0.3, -0.25) is 4.79 Å². The second kappa shape index (κ2) is 8.09. The minimum Gasteiger partial charge on any atom is -0.382 e. The van der Waals surface area contributed by atoms with Gasteiger partial charge in [0.1, 0.15) is 5.56 Å². The lowest BCUT2D eigenvalue weighted by molar-refractivity contribution is 0.0945. The molecule has 1 aromatic carbocycles. The van der Waals surface area contributed by atoms with E-state index in [1.165, 1.54) is 0 Å². The molecular formula is C18H19ClN4O2. The van der Waals surface area contributed by atoms with Gasteiger partial charge in [-0.2, -0.15) is 5.10 Å². The van der Waals surface area contributed by atoms with E-state index in [9.17, 15) is 4.79 Å². The van der Waals surface area contributed by atoms with Crippen LogP contribution in [0.15, 0.2) is 42.7 Å². The monoisotopic (exact) mass is 358 g/mol. The maximum Gasteiger partial charge on any atom is 0.256 e. The summed E-state index contributed by atoms with van der Waals surface area (Å²) in [6.45, 7) is 3.80. The van der Waals surface area contributed by atoms with Gasteiger partial charge in [-0.05, 0) is 31.5 Å². The van der Waals surface area contributed by atoms with E-state index in [0.29, 0.717) is 36.0 Å². The highest BCUT2D eigenvalue weighted by molar-refractivity contribution is 6.30. The van der Waals surface area contributed by atoms with Crippen molar-refractivity contribution >= 4 is 23.2 Å². The summed E-state index contributed by atoms with van der Waals surface area (Å²) in [5.74, 6) is -0.188. The number of amides is 1. The van der Waals surface area contributed by atoms with E-state index in [1.54, 1.807) is 16.9 Å². The van der Waals surface area contributed by atoms with Crippen LogP contribution in [0, 0.1) is 0 Å². The Morgan fingerprint density at radius 1 is 1.28 bits per heavy atom. The fourth-order valence-electron chi connectivity index (χ4n) is 2.51. The van der Waals surface area contributed by atoms with E-state index in [4.69, 9.17) is 16.3 Å². The fraction of sp³-hybridized carbons (Fsp3) is 0.278. The molecule has 0 aliphatic carbocycles. The lowest BCUT2D eigenvalue weighted by atomic mass is 10.1. The smallest absolute Gasteiger partial charge is 0.256 e. The van der Waals surface area contributed by atoms with Crippen molar-refractivity contribution in [3.63, 3.8) is 0 Å². The van der Waals surface area contributed by atoms with Crippen LogP contribution >= 0.6 is 11.6 Å². The van der Waals surface area contributed by atoms with Gasteiger partial charge < -0.3 is 10.1 Å². The van der Waals surface area contributed by atoms with Crippen molar-refractivity contribution in [2.24, 2.45) is 0 Å². The van der Waals surface area contributed by atoms with Gasteiger partial charge in [-0.25, -0.2) is 9.50 Å². The van der Waals surface area contributed by atoms with Crippen molar-refractivity contribution < 1.29 is 9.53 Å². The summed E-state index contributed by atoms with van der Waals surface area (Å²) in [7, 11) is 0. The Bertz CT molecular complexity index is 861. The molecule has 3 rings (SSSR count). The SMILES string of the molecule is CCOCCCNC(=O)c1cnn2c(-c3ccc(Cl)cc3)ccnc12. The van der Waals surface area contributed by atoms with E-state index in [0.717, 1.165) is 17.7 Å². The van der Waals surface area contributed by atoms with Gasteiger partial charge in [0.2, 0.25) is 0 Å². The summed E-state index contributed by atoms with van der Waals surface area (Å²) in [4.78, 5) is 16.7. The van der Waals surface area contributed by atoms with E-state index in [1.807, 2.05) is 37.3 Å². The van der Waals surface area contributed by atoms with Crippen molar-refractivity contribution in [3.8, 4) is 11.3 Å². The number of ether oxygens (including phenoxy) is 1. The van der Waals surface area contributed by atoms with Crippen LogP contribution in [0.5, 0.6) is 0 Å². The molecule has 2 heterocycles. The van der Waals surface area contributed by atoms with Crippen LogP contribution in [-0.4, -0.2) is 40.3 Å². The lowest BCUT2D eigenvalue weighted by Crippen LogP contribution is -2.25. The molecule has 0 aliphatic rings. The molecule has 3 aromatic rings. The van der Waals surface area contributed by atoms with E-state index >= 15 is 0 Å². The molecule has 0 spiro atoms. The summed E-state index contributed by atoms with van der Waals surface area (Å²) in [5, 5.41) is 7.87. The number of hydrogen-bond acceptors (Lipinski definition) is 4. The highest BCUT2D eigenvalue weighted by Gasteiger charge is 2.15. The van der Waals surface area contributed by atoms with Crippen LogP contribution < -0.4 is 5.32 Å². The Morgan fingerprint density at radius 2 is 2.08 bits per heavy atom. The van der Waals surface area contributed by atoms with Gasteiger partial charge in [0.25, 0.3) is 5.91 Å². The summed E-state index contributed by atoms with van der Waals surface area (Å²) in [6, 6.07) is 9.31. The average molecular weight is 359 g/mol. The Kier molecular flexibility index (Phi) is 5.63. The first-order valence-corrected chi connectivity index (χ1v) is 8.53. The number of nitrogens with zero attached hydrogens (tertiary/aromatic N) is 3.